The van der Waals surface area contributed by atoms with Crippen molar-refractivity contribution in [1.29, 1.82) is 0 Å². The smallest absolute Gasteiger partial charge is 0.220 e. The Balaban J connectivity index is 1.81. The average Bonchev–Trinajstić information content (AvgIpc) is 2.84. The summed E-state index contributed by atoms with van der Waals surface area (Å²) >= 11 is 0. The van der Waals surface area contributed by atoms with Crippen LogP contribution in [0.4, 0.5) is 11.4 Å². The van der Waals surface area contributed by atoms with Crippen LogP contribution in [0, 0.1) is 0 Å². The maximum atomic E-state index is 11.2. The second-order valence-electron chi connectivity index (χ2n) is 4.81. The molecule has 4 N–H and O–H groups in total. The minimum absolute atomic E-state index is 0.137. The number of carbonyl (C=O) groups excluding carboxylic acids is 1. The molecule has 98 valence electrons. The normalized spacial score (nSPS) is 18.5. The molecule has 5 nitrogen and oxygen atoms in total. The summed E-state index contributed by atoms with van der Waals surface area (Å²) in [6.07, 6.45) is 5.04. The quantitative estimate of drug-likeness (QED) is 0.727. The first-order valence-electron chi connectivity index (χ1n) is 6.39. The van der Waals surface area contributed by atoms with Crippen LogP contribution in [0.5, 0.6) is 0 Å². The van der Waals surface area contributed by atoms with Crippen LogP contribution in [0.15, 0.2) is 30.6 Å². The molecule has 0 saturated carbocycles. The molecule has 1 amide bonds. The van der Waals surface area contributed by atoms with E-state index in [1.54, 1.807) is 12.4 Å². The van der Waals surface area contributed by atoms with Crippen molar-refractivity contribution >= 4 is 28.1 Å². The number of nitrogens with two attached hydrogens (primary N) is 1. The molecule has 1 saturated heterocycles. The van der Waals surface area contributed by atoms with Crippen LogP contribution in [0.25, 0.3) is 10.8 Å². The first kappa shape index (κ1) is 11.8. The van der Waals surface area contributed by atoms with Crippen LogP contribution >= 0.6 is 0 Å². The number of aromatic nitrogens is 1. The highest BCUT2D eigenvalue weighted by Gasteiger charge is 2.20. The Morgan fingerprint density at radius 1 is 1.37 bits per heavy atom. The van der Waals surface area contributed by atoms with Gasteiger partial charge in [-0.05, 0) is 24.6 Å². The van der Waals surface area contributed by atoms with Crippen molar-refractivity contribution in [2.24, 2.45) is 0 Å². The van der Waals surface area contributed by atoms with Crippen LogP contribution in [-0.2, 0) is 4.79 Å². The van der Waals surface area contributed by atoms with Crippen LogP contribution in [0.3, 0.4) is 0 Å². The van der Waals surface area contributed by atoms with Gasteiger partial charge in [-0.25, -0.2) is 0 Å². The molecule has 0 radical (unpaired) electrons. The lowest BCUT2D eigenvalue weighted by atomic mass is 10.1. The number of nitrogens with zero attached hydrogens (tertiary/aromatic N) is 1. The number of pyridine rings is 1. The number of benzene rings is 1. The van der Waals surface area contributed by atoms with Gasteiger partial charge < -0.3 is 16.4 Å². The zero-order valence-corrected chi connectivity index (χ0v) is 10.5. The van der Waals surface area contributed by atoms with Crippen molar-refractivity contribution < 1.29 is 4.79 Å². The Morgan fingerprint density at radius 2 is 2.26 bits per heavy atom. The molecule has 0 bridgehead atoms. The fourth-order valence-electron chi connectivity index (χ4n) is 2.43. The standard InChI is InChI=1S/C14H16N4O/c15-12-2-3-13(10-5-6-16-8-11(10)12)17-7-9-1-4-14(19)18-9/h2-3,5-6,8-9,17H,1,4,7,15H2,(H,18,19). The number of rotatable bonds is 3. The Kier molecular flexibility index (Phi) is 2.95. The third-order valence-corrected chi connectivity index (χ3v) is 3.48. The zero-order chi connectivity index (χ0) is 13.2. The van der Waals surface area contributed by atoms with E-state index in [1.165, 1.54) is 0 Å². The molecule has 1 fully saturated rings. The molecular weight excluding hydrogens is 240 g/mol. The van der Waals surface area contributed by atoms with Gasteiger partial charge in [-0.15, -0.1) is 0 Å². The molecule has 5 heteroatoms. The van der Waals surface area contributed by atoms with Crippen molar-refractivity contribution in [3.8, 4) is 0 Å². The molecule has 1 aliphatic rings. The minimum atomic E-state index is 0.137. The number of nitrogens with one attached hydrogen (secondary N) is 2. The molecular formula is C14H16N4O. The van der Waals surface area contributed by atoms with Gasteiger partial charge in [-0.3, -0.25) is 9.78 Å². The van der Waals surface area contributed by atoms with E-state index in [9.17, 15) is 4.79 Å². The zero-order valence-electron chi connectivity index (χ0n) is 10.5. The molecule has 19 heavy (non-hydrogen) atoms. The highest BCUT2D eigenvalue weighted by atomic mass is 16.1. The highest BCUT2D eigenvalue weighted by molar-refractivity contribution is 6.00. The summed E-state index contributed by atoms with van der Waals surface area (Å²) in [7, 11) is 0. The minimum Gasteiger partial charge on any atom is -0.398 e. The summed E-state index contributed by atoms with van der Waals surface area (Å²) < 4.78 is 0. The summed E-state index contributed by atoms with van der Waals surface area (Å²) in [5.74, 6) is 0.137. The van der Waals surface area contributed by atoms with Crippen molar-refractivity contribution in [2.75, 3.05) is 17.6 Å². The van der Waals surface area contributed by atoms with E-state index >= 15 is 0 Å². The van der Waals surface area contributed by atoms with Crippen molar-refractivity contribution in [2.45, 2.75) is 18.9 Å². The summed E-state index contributed by atoms with van der Waals surface area (Å²) in [6.45, 7) is 0.729. The molecule has 0 aliphatic carbocycles. The largest absolute Gasteiger partial charge is 0.398 e. The van der Waals surface area contributed by atoms with E-state index in [1.807, 2.05) is 18.2 Å². The third kappa shape index (κ3) is 2.31. The van der Waals surface area contributed by atoms with Gasteiger partial charge in [0.2, 0.25) is 5.91 Å². The Morgan fingerprint density at radius 3 is 3.05 bits per heavy atom. The van der Waals surface area contributed by atoms with Crippen molar-refractivity contribution in [1.82, 2.24) is 10.3 Å². The van der Waals surface area contributed by atoms with Crippen LogP contribution < -0.4 is 16.4 Å². The van der Waals surface area contributed by atoms with Crippen molar-refractivity contribution in [3.63, 3.8) is 0 Å². The number of hydrogen-bond donors (Lipinski definition) is 3. The summed E-state index contributed by atoms with van der Waals surface area (Å²) in [5, 5.41) is 8.33. The van der Waals surface area contributed by atoms with Gasteiger partial charge in [0.15, 0.2) is 0 Å². The van der Waals surface area contributed by atoms with E-state index in [2.05, 4.69) is 15.6 Å². The topological polar surface area (TPSA) is 80.0 Å². The van der Waals surface area contributed by atoms with Gasteiger partial charge in [-0.1, -0.05) is 0 Å². The maximum absolute atomic E-state index is 11.2. The number of anilines is 2. The number of nitrogen functional groups attached to an aromatic ring is 1. The molecule has 3 rings (SSSR count). The number of fused-ring (bicyclic) bond motifs is 1. The van der Waals surface area contributed by atoms with E-state index in [-0.39, 0.29) is 11.9 Å². The fourth-order valence-corrected chi connectivity index (χ4v) is 2.43. The van der Waals surface area contributed by atoms with Crippen LogP contribution in [0.1, 0.15) is 12.8 Å². The molecule has 1 aromatic carbocycles. The lowest BCUT2D eigenvalue weighted by Crippen LogP contribution is -2.31. The first-order chi connectivity index (χ1) is 9.24. The second-order valence-corrected chi connectivity index (χ2v) is 4.81. The third-order valence-electron chi connectivity index (χ3n) is 3.48. The fraction of sp³-hybridized carbons (Fsp3) is 0.286. The first-order valence-corrected chi connectivity index (χ1v) is 6.39. The monoisotopic (exact) mass is 256 g/mol. The summed E-state index contributed by atoms with van der Waals surface area (Å²) in [4.78, 5) is 15.3. The van der Waals surface area contributed by atoms with E-state index < -0.39 is 0 Å². The van der Waals surface area contributed by atoms with Gasteiger partial charge in [0.25, 0.3) is 0 Å². The molecule has 1 aliphatic heterocycles. The molecule has 2 aromatic rings. The van der Waals surface area contributed by atoms with Crippen molar-refractivity contribution in [3.05, 3.63) is 30.6 Å². The number of amides is 1. The van der Waals surface area contributed by atoms with Gasteiger partial charge in [0.1, 0.15) is 0 Å². The van der Waals surface area contributed by atoms with Gasteiger partial charge in [0, 0.05) is 53.5 Å². The van der Waals surface area contributed by atoms with E-state index in [4.69, 9.17) is 5.73 Å². The van der Waals surface area contributed by atoms with Gasteiger partial charge in [0.05, 0.1) is 0 Å². The van der Waals surface area contributed by atoms with Crippen LogP contribution in [-0.4, -0.2) is 23.5 Å². The Labute approximate surface area is 111 Å². The number of carbonyl (C=O) groups is 1. The predicted molar refractivity (Wildman–Crippen MR) is 75.8 cm³/mol. The van der Waals surface area contributed by atoms with Gasteiger partial charge in [-0.2, -0.15) is 0 Å². The second kappa shape index (κ2) is 4.76. The molecule has 1 unspecified atom stereocenters. The van der Waals surface area contributed by atoms with Gasteiger partial charge >= 0.3 is 0 Å². The highest BCUT2D eigenvalue weighted by Crippen LogP contribution is 2.27. The molecule has 1 aromatic heterocycles. The SMILES string of the molecule is Nc1ccc(NCC2CCC(=O)N2)c2ccncc12. The lowest BCUT2D eigenvalue weighted by Gasteiger charge is -2.14. The summed E-state index contributed by atoms with van der Waals surface area (Å²) in [6, 6.07) is 6.00. The average molecular weight is 256 g/mol. The Hall–Kier alpha value is -2.30. The van der Waals surface area contributed by atoms with Crippen LogP contribution in [0.2, 0.25) is 0 Å². The van der Waals surface area contributed by atoms with E-state index in [0.29, 0.717) is 6.42 Å². The summed E-state index contributed by atoms with van der Waals surface area (Å²) in [5.41, 5.74) is 7.68. The lowest BCUT2D eigenvalue weighted by molar-refractivity contribution is -0.119. The Bertz CT molecular complexity index is 626. The van der Waals surface area contributed by atoms with E-state index in [0.717, 1.165) is 35.1 Å². The molecule has 1 atom stereocenters. The maximum Gasteiger partial charge on any atom is 0.220 e. The number of hydrogen-bond acceptors (Lipinski definition) is 4. The predicted octanol–water partition coefficient (Wildman–Crippen LogP) is 1.51. The molecule has 2 heterocycles. The molecule has 0 spiro atoms.